The van der Waals surface area contributed by atoms with E-state index in [-0.39, 0.29) is 0 Å². The average molecular weight is 335 g/mol. The predicted molar refractivity (Wildman–Crippen MR) is 105 cm³/mol. The summed E-state index contributed by atoms with van der Waals surface area (Å²) >= 11 is 0. The van der Waals surface area contributed by atoms with Crippen molar-refractivity contribution in [1.29, 1.82) is 0 Å². The van der Waals surface area contributed by atoms with E-state index in [0.29, 0.717) is 18.0 Å². The Kier molecular flexibility index (Phi) is 5.19. The van der Waals surface area contributed by atoms with Crippen molar-refractivity contribution >= 4 is 0 Å². The molecule has 0 spiro atoms. The molecule has 1 aliphatic carbocycles. The smallest absolute Gasteiger partial charge is 0.0325 e. The van der Waals surface area contributed by atoms with Gasteiger partial charge in [0.2, 0.25) is 0 Å². The van der Waals surface area contributed by atoms with Crippen LogP contribution < -0.4 is 5.32 Å². The van der Waals surface area contributed by atoms with Crippen molar-refractivity contribution in [3.05, 3.63) is 71.3 Å². The number of piperidine rings is 1. The molecule has 0 amide bonds. The first-order valence-electron chi connectivity index (χ1n) is 9.91. The highest BCUT2D eigenvalue weighted by molar-refractivity contribution is 5.35. The Labute approximate surface area is 152 Å². The van der Waals surface area contributed by atoms with Crippen LogP contribution in [0.3, 0.4) is 0 Å². The second-order valence-corrected chi connectivity index (χ2v) is 7.86. The van der Waals surface area contributed by atoms with Gasteiger partial charge in [0.05, 0.1) is 0 Å². The maximum atomic E-state index is 3.99. The summed E-state index contributed by atoms with van der Waals surface area (Å²) < 4.78 is 0. The van der Waals surface area contributed by atoms with Crippen LogP contribution in [-0.2, 0) is 6.54 Å². The Bertz CT molecular complexity index is 674. The van der Waals surface area contributed by atoms with Gasteiger partial charge >= 0.3 is 0 Å². The van der Waals surface area contributed by atoms with Crippen molar-refractivity contribution in [1.82, 2.24) is 10.2 Å². The van der Waals surface area contributed by atoms with Gasteiger partial charge in [-0.05, 0) is 61.4 Å². The summed E-state index contributed by atoms with van der Waals surface area (Å²) in [4.78, 5) is 2.60. The zero-order valence-corrected chi connectivity index (χ0v) is 15.3. The fourth-order valence-corrected chi connectivity index (χ4v) is 4.56. The van der Waals surface area contributed by atoms with E-state index < -0.39 is 0 Å². The lowest BCUT2D eigenvalue weighted by molar-refractivity contribution is 0.181. The number of benzene rings is 2. The van der Waals surface area contributed by atoms with Gasteiger partial charge < -0.3 is 5.32 Å². The van der Waals surface area contributed by atoms with E-state index in [1.165, 1.54) is 44.3 Å². The minimum absolute atomic E-state index is 0.554. The van der Waals surface area contributed by atoms with Crippen molar-refractivity contribution in [2.24, 2.45) is 0 Å². The van der Waals surface area contributed by atoms with Crippen LogP contribution in [0.5, 0.6) is 0 Å². The van der Waals surface area contributed by atoms with Crippen molar-refractivity contribution in [2.45, 2.75) is 57.2 Å². The molecular weight excluding hydrogens is 304 g/mol. The number of rotatable bonds is 4. The maximum Gasteiger partial charge on any atom is 0.0325 e. The fraction of sp³-hybridized carbons (Fsp3) is 0.478. The minimum Gasteiger partial charge on any atom is -0.307 e. The normalized spacial score (nSPS) is 24.8. The Morgan fingerprint density at radius 3 is 2.28 bits per heavy atom. The number of fused-ring (bicyclic) bond motifs is 1. The number of hydrogen-bond donors (Lipinski definition) is 1. The third-order valence-electron chi connectivity index (χ3n) is 6.06. The molecule has 1 N–H and O–H groups in total. The van der Waals surface area contributed by atoms with Gasteiger partial charge in [0.15, 0.2) is 0 Å². The van der Waals surface area contributed by atoms with E-state index in [2.05, 4.69) is 71.7 Å². The third kappa shape index (κ3) is 3.96. The highest BCUT2D eigenvalue weighted by Gasteiger charge is 2.27. The van der Waals surface area contributed by atoms with Gasteiger partial charge in [-0.2, -0.15) is 0 Å². The highest BCUT2D eigenvalue weighted by atomic mass is 15.1. The second-order valence-electron chi connectivity index (χ2n) is 7.86. The molecule has 0 saturated carbocycles. The summed E-state index contributed by atoms with van der Waals surface area (Å²) in [6.07, 6.45) is 5.12. The van der Waals surface area contributed by atoms with Crippen LogP contribution in [0, 0.1) is 0 Å². The van der Waals surface area contributed by atoms with Gasteiger partial charge in [-0.1, -0.05) is 61.5 Å². The molecule has 132 valence electrons. The lowest BCUT2D eigenvalue weighted by atomic mass is 9.80. The zero-order valence-electron chi connectivity index (χ0n) is 15.3. The highest BCUT2D eigenvalue weighted by Crippen LogP contribution is 2.37. The monoisotopic (exact) mass is 334 g/mol. The van der Waals surface area contributed by atoms with E-state index in [9.17, 15) is 0 Å². The van der Waals surface area contributed by atoms with E-state index in [0.717, 1.165) is 6.54 Å². The van der Waals surface area contributed by atoms with E-state index in [4.69, 9.17) is 0 Å². The molecule has 25 heavy (non-hydrogen) atoms. The second kappa shape index (κ2) is 7.72. The Hall–Kier alpha value is -1.64. The Balaban J connectivity index is 1.33. The van der Waals surface area contributed by atoms with Crippen LogP contribution in [-0.4, -0.2) is 24.0 Å². The van der Waals surface area contributed by atoms with Crippen LogP contribution in [0.2, 0.25) is 0 Å². The molecule has 2 heteroatoms. The van der Waals surface area contributed by atoms with Gasteiger partial charge in [0.1, 0.15) is 0 Å². The number of hydrogen-bond acceptors (Lipinski definition) is 2. The van der Waals surface area contributed by atoms with Gasteiger partial charge in [-0.3, -0.25) is 4.90 Å². The van der Waals surface area contributed by atoms with Crippen molar-refractivity contribution < 1.29 is 0 Å². The summed E-state index contributed by atoms with van der Waals surface area (Å²) in [5, 5.41) is 3.99. The molecule has 0 bridgehead atoms. The quantitative estimate of drug-likeness (QED) is 0.857. The molecule has 1 heterocycles. The summed E-state index contributed by atoms with van der Waals surface area (Å²) in [5.41, 5.74) is 4.55. The number of nitrogens with one attached hydrogen (secondary N) is 1. The molecule has 2 aliphatic rings. The van der Waals surface area contributed by atoms with Crippen LogP contribution >= 0.6 is 0 Å². The first kappa shape index (κ1) is 16.8. The molecule has 0 aromatic heterocycles. The fourth-order valence-electron chi connectivity index (χ4n) is 4.56. The Morgan fingerprint density at radius 2 is 1.52 bits per heavy atom. The third-order valence-corrected chi connectivity index (χ3v) is 6.06. The van der Waals surface area contributed by atoms with E-state index in [1.54, 1.807) is 11.1 Å². The largest absolute Gasteiger partial charge is 0.307 e. The molecule has 4 rings (SSSR count). The van der Waals surface area contributed by atoms with E-state index >= 15 is 0 Å². The first-order chi connectivity index (χ1) is 12.3. The lowest BCUT2D eigenvalue weighted by Crippen LogP contribution is -2.44. The van der Waals surface area contributed by atoms with Crippen LogP contribution in [0.1, 0.15) is 61.3 Å². The standard InChI is InChI=1S/C23H30N2/c1-18-11-12-23(22-10-6-5-9-21(18)22)24-20-13-15-25(16-14-20)17-19-7-3-2-4-8-19/h2-10,18,20,23-24H,11-17H2,1H3. The molecule has 2 aromatic rings. The lowest BCUT2D eigenvalue weighted by Gasteiger charge is -2.37. The van der Waals surface area contributed by atoms with Crippen molar-refractivity contribution in [3.63, 3.8) is 0 Å². The SMILES string of the molecule is CC1CCC(NC2CCN(Cc3ccccc3)CC2)c2ccccc21. The molecule has 2 aromatic carbocycles. The summed E-state index contributed by atoms with van der Waals surface area (Å²) in [7, 11) is 0. The molecule has 2 nitrogen and oxygen atoms in total. The molecular formula is C23H30N2. The van der Waals surface area contributed by atoms with Crippen molar-refractivity contribution in [3.8, 4) is 0 Å². The molecule has 2 unspecified atom stereocenters. The van der Waals surface area contributed by atoms with Gasteiger partial charge in [-0.15, -0.1) is 0 Å². The number of likely N-dealkylation sites (tertiary alicyclic amines) is 1. The average Bonchev–Trinajstić information content (AvgIpc) is 2.67. The number of nitrogens with zero attached hydrogens (tertiary/aromatic N) is 1. The molecule has 1 saturated heterocycles. The Morgan fingerprint density at radius 1 is 0.840 bits per heavy atom. The van der Waals surface area contributed by atoms with Gasteiger partial charge in [0.25, 0.3) is 0 Å². The minimum atomic E-state index is 0.554. The van der Waals surface area contributed by atoms with Gasteiger partial charge in [0, 0.05) is 18.6 Å². The topological polar surface area (TPSA) is 15.3 Å². The maximum absolute atomic E-state index is 3.99. The molecule has 0 radical (unpaired) electrons. The predicted octanol–water partition coefficient (Wildman–Crippen LogP) is 4.88. The zero-order chi connectivity index (χ0) is 17.1. The first-order valence-corrected chi connectivity index (χ1v) is 9.91. The molecule has 2 atom stereocenters. The van der Waals surface area contributed by atoms with Crippen LogP contribution in [0.25, 0.3) is 0 Å². The van der Waals surface area contributed by atoms with Crippen LogP contribution in [0.4, 0.5) is 0 Å². The summed E-state index contributed by atoms with van der Waals surface area (Å²) in [6, 6.07) is 21.2. The molecule has 1 aliphatic heterocycles. The summed E-state index contributed by atoms with van der Waals surface area (Å²) in [5.74, 6) is 0.710. The van der Waals surface area contributed by atoms with E-state index in [1.807, 2.05) is 0 Å². The summed E-state index contributed by atoms with van der Waals surface area (Å²) in [6.45, 7) is 5.88. The van der Waals surface area contributed by atoms with Crippen molar-refractivity contribution in [2.75, 3.05) is 13.1 Å². The van der Waals surface area contributed by atoms with Gasteiger partial charge in [-0.25, -0.2) is 0 Å². The molecule has 1 fully saturated rings. The van der Waals surface area contributed by atoms with Crippen LogP contribution in [0.15, 0.2) is 54.6 Å².